The van der Waals surface area contributed by atoms with Crippen LogP contribution in [0.25, 0.3) is 0 Å². The molecule has 0 amide bonds. The molecule has 0 saturated carbocycles. The number of aliphatic carboxylic acids is 1. The van der Waals surface area contributed by atoms with Gasteiger partial charge in [0.15, 0.2) is 0 Å². The Hall–Kier alpha value is 0.350. The SMILES string of the molecule is CCCCCN(CC(=O)O)C(C)C(C)NO.[NaH]. The Kier molecular flexibility index (Phi) is 13.2. The Labute approximate surface area is 126 Å². The quantitative estimate of drug-likeness (QED) is 0.321. The van der Waals surface area contributed by atoms with Gasteiger partial charge in [0, 0.05) is 12.1 Å². The second-order valence-corrected chi connectivity index (χ2v) is 4.23. The fourth-order valence-electron chi connectivity index (χ4n) is 1.59. The van der Waals surface area contributed by atoms with E-state index in [4.69, 9.17) is 10.3 Å². The standard InChI is InChI=1S/C11H24N2O3.Na.H/c1-4-5-6-7-13(8-11(14)15)10(3)9(2)12-16;;/h9-10,12,16H,4-8H2,1-3H3,(H,14,15);;. The van der Waals surface area contributed by atoms with Gasteiger partial charge in [0.1, 0.15) is 0 Å². The molecule has 0 rings (SSSR count). The van der Waals surface area contributed by atoms with Crippen molar-refractivity contribution in [3.05, 3.63) is 0 Å². The predicted molar refractivity (Wildman–Crippen MR) is 69.7 cm³/mol. The maximum absolute atomic E-state index is 10.7. The van der Waals surface area contributed by atoms with E-state index in [-0.39, 0.29) is 48.2 Å². The van der Waals surface area contributed by atoms with Crippen LogP contribution < -0.4 is 5.48 Å². The first-order chi connectivity index (χ1) is 7.52. The number of hydrogen-bond donors (Lipinski definition) is 3. The third kappa shape index (κ3) is 8.99. The van der Waals surface area contributed by atoms with Gasteiger partial charge >= 0.3 is 35.5 Å². The van der Waals surface area contributed by atoms with Crippen molar-refractivity contribution in [2.45, 2.75) is 52.1 Å². The number of carbonyl (C=O) groups is 1. The first-order valence-electron chi connectivity index (χ1n) is 5.88. The van der Waals surface area contributed by atoms with Gasteiger partial charge in [-0.15, -0.1) is 0 Å². The number of hydroxylamine groups is 1. The first-order valence-corrected chi connectivity index (χ1v) is 5.88. The van der Waals surface area contributed by atoms with E-state index in [2.05, 4.69) is 12.4 Å². The van der Waals surface area contributed by atoms with Crippen LogP contribution in [0.4, 0.5) is 0 Å². The zero-order valence-electron chi connectivity index (χ0n) is 10.4. The summed E-state index contributed by atoms with van der Waals surface area (Å²) in [5.74, 6) is -0.825. The van der Waals surface area contributed by atoms with Crippen molar-refractivity contribution in [3.63, 3.8) is 0 Å². The van der Waals surface area contributed by atoms with E-state index in [1.54, 1.807) is 0 Å². The number of carboxylic acids is 1. The molecule has 6 heteroatoms. The van der Waals surface area contributed by atoms with Gasteiger partial charge in [-0.3, -0.25) is 9.69 Å². The van der Waals surface area contributed by atoms with Gasteiger partial charge in [-0.2, -0.15) is 0 Å². The van der Waals surface area contributed by atoms with Crippen LogP contribution in [-0.2, 0) is 4.79 Å². The molecule has 2 unspecified atom stereocenters. The van der Waals surface area contributed by atoms with Crippen molar-refractivity contribution in [1.29, 1.82) is 0 Å². The number of carboxylic acid groups (broad SMARTS) is 1. The molecule has 2 atom stereocenters. The number of hydrogen-bond acceptors (Lipinski definition) is 4. The molecule has 0 radical (unpaired) electrons. The van der Waals surface area contributed by atoms with Gasteiger partial charge in [-0.1, -0.05) is 19.8 Å². The molecule has 17 heavy (non-hydrogen) atoms. The molecule has 0 aliphatic carbocycles. The van der Waals surface area contributed by atoms with Crippen molar-refractivity contribution in [3.8, 4) is 0 Å². The summed E-state index contributed by atoms with van der Waals surface area (Å²) in [5.41, 5.74) is 2.17. The Balaban J connectivity index is 0. The Morgan fingerprint density at radius 3 is 2.35 bits per heavy atom. The number of unbranched alkanes of at least 4 members (excludes halogenated alkanes) is 2. The normalized spacial score (nSPS) is 14.2. The van der Waals surface area contributed by atoms with Gasteiger partial charge in [0.05, 0.1) is 6.54 Å². The van der Waals surface area contributed by atoms with Gasteiger partial charge in [0.25, 0.3) is 0 Å². The third-order valence-corrected chi connectivity index (χ3v) is 2.89. The van der Waals surface area contributed by atoms with Crippen molar-refractivity contribution in [2.75, 3.05) is 13.1 Å². The van der Waals surface area contributed by atoms with E-state index in [0.29, 0.717) is 0 Å². The molecule has 0 saturated heterocycles. The molecular formula is C11H25N2NaO3. The second kappa shape index (κ2) is 11.4. The molecule has 0 aromatic carbocycles. The second-order valence-electron chi connectivity index (χ2n) is 4.23. The summed E-state index contributed by atoms with van der Waals surface area (Å²) in [7, 11) is 0. The van der Waals surface area contributed by atoms with E-state index in [9.17, 15) is 4.79 Å². The van der Waals surface area contributed by atoms with Crippen molar-refractivity contribution in [1.82, 2.24) is 10.4 Å². The predicted octanol–water partition coefficient (Wildman–Crippen LogP) is 0.671. The van der Waals surface area contributed by atoms with Crippen LogP contribution >= 0.6 is 0 Å². The van der Waals surface area contributed by atoms with E-state index in [1.165, 1.54) is 0 Å². The monoisotopic (exact) mass is 256 g/mol. The van der Waals surface area contributed by atoms with Crippen LogP contribution in [0.1, 0.15) is 40.0 Å². The minimum absolute atomic E-state index is 0. The maximum atomic E-state index is 10.7. The summed E-state index contributed by atoms with van der Waals surface area (Å²) < 4.78 is 0. The summed E-state index contributed by atoms with van der Waals surface area (Å²) in [6.07, 6.45) is 3.21. The molecular weight excluding hydrogens is 231 g/mol. The molecule has 0 bridgehead atoms. The van der Waals surface area contributed by atoms with Crippen LogP contribution in [0.15, 0.2) is 0 Å². The topological polar surface area (TPSA) is 72.8 Å². The Bertz CT molecular complexity index is 205. The van der Waals surface area contributed by atoms with Gasteiger partial charge < -0.3 is 10.3 Å². The third-order valence-electron chi connectivity index (χ3n) is 2.89. The molecule has 0 aliphatic heterocycles. The van der Waals surface area contributed by atoms with Crippen LogP contribution in [0.5, 0.6) is 0 Å². The molecule has 0 fully saturated rings. The van der Waals surface area contributed by atoms with Crippen molar-refractivity contribution >= 4 is 35.5 Å². The first kappa shape index (κ1) is 19.7. The van der Waals surface area contributed by atoms with Crippen LogP contribution in [0, 0.1) is 0 Å². The molecule has 0 aliphatic rings. The fraction of sp³-hybridized carbons (Fsp3) is 0.909. The van der Waals surface area contributed by atoms with Gasteiger partial charge in [0.2, 0.25) is 0 Å². The molecule has 3 N–H and O–H groups in total. The molecule has 0 aromatic rings. The van der Waals surface area contributed by atoms with E-state index in [1.807, 2.05) is 18.7 Å². The summed E-state index contributed by atoms with van der Waals surface area (Å²) >= 11 is 0. The summed E-state index contributed by atoms with van der Waals surface area (Å²) in [6, 6.07) is -0.140. The van der Waals surface area contributed by atoms with E-state index in [0.717, 1.165) is 25.8 Å². The van der Waals surface area contributed by atoms with Gasteiger partial charge in [-0.05, 0) is 26.8 Å². The van der Waals surface area contributed by atoms with Crippen LogP contribution in [-0.4, -0.2) is 75.9 Å². The minimum atomic E-state index is -0.825. The average Bonchev–Trinajstić information content (AvgIpc) is 2.25. The van der Waals surface area contributed by atoms with Crippen LogP contribution in [0.2, 0.25) is 0 Å². The van der Waals surface area contributed by atoms with E-state index < -0.39 is 5.97 Å². The molecule has 98 valence electrons. The zero-order chi connectivity index (χ0) is 12.6. The summed E-state index contributed by atoms with van der Waals surface area (Å²) in [5, 5.41) is 17.7. The number of nitrogens with zero attached hydrogens (tertiary/aromatic N) is 1. The van der Waals surface area contributed by atoms with Crippen molar-refractivity contribution < 1.29 is 15.1 Å². The molecule has 0 aromatic heterocycles. The van der Waals surface area contributed by atoms with E-state index >= 15 is 0 Å². The number of rotatable bonds is 9. The van der Waals surface area contributed by atoms with Gasteiger partial charge in [-0.25, -0.2) is 5.48 Å². The Morgan fingerprint density at radius 1 is 1.35 bits per heavy atom. The van der Waals surface area contributed by atoms with Crippen LogP contribution in [0.3, 0.4) is 0 Å². The number of nitrogens with one attached hydrogen (secondary N) is 1. The summed E-state index contributed by atoms with van der Waals surface area (Å²) in [6.45, 7) is 6.65. The zero-order valence-corrected chi connectivity index (χ0v) is 10.4. The molecule has 0 spiro atoms. The van der Waals surface area contributed by atoms with Crippen molar-refractivity contribution in [2.24, 2.45) is 0 Å². The molecule has 0 heterocycles. The Morgan fingerprint density at radius 2 is 1.94 bits per heavy atom. The summed E-state index contributed by atoms with van der Waals surface area (Å²) in [4.78, 5) is 12.6. The fourth-order valence-corrected chi connectivity index (χ4v) is 1.59. The molecule has 5 nitrogen and oxygen atoms in total. The average molecular weight is 256 g/mol.